The van der Waals surface area contributed by atoms with Gasteiger partial charge < -0.3 is 4.57 Å². The van der Waals surface area contributed by atoms with Gasteiger partial charge in [-0.1, -0.05) is 78.4 Å². The Balaban J connectivity index is 1.67. The molecular weight excluding hydrogens is 466 g/mol. The number of benzene rings is 5. The third-order valence-corrected chi connectivity index (χ3v) is 7.83. The summed E-state index contributed by atoms with van der Waals surface area (Å²) in [5, 5.41) is 4.07. The number of nitrogens with zero attached hydrogens (tertiary/aromatic N) is 2. The van der Waals surface area contributed by atoms with Crippen LogP contribution in [0, 0.1) is 6.92 Å². The molecule has 5 aromatic carbocycles. The Labute approximate surface area is 209 Å². The Morgan fingerprint density at radius 1 is 0.722 bits per heavy atom. The Hall–Kier alpha value is -4.42. The van der Waals surface area contributed by atoms with Crippen molar-refractivity contribution in [2.75, 3.05) is 4.72 Å². The van der Waals surface area contributed by atoms with Gasteiger partial charge in [0.25, 0.3) is 10.0 Å². The zero-order valence-corrected chi connectivity index (χ0v) is 20.4. The van der Waals surface area contributed by atoms with Crippen LogP contribution in [-0.2, 0) is 10.0 Å². The highest BCUT2D eigenvalue weighted by molar-refractivity contribution is 7.92. The molecule has 0 fully saturated rings. The lowest BCUT2D eigenvalue weighted by molar-refractivity contribution is 0.601. The van der Waals surface area contributed by atoms with Crippen molar-refractivity contribution in [1.29, 1.82) is 0 Å². The predicted molar refractivity (Wildman–Crippen MR) is 146 cm³/mol. The summed E-state index contributed by atoms with van der Waals surface area (Å²) in [6.45, 7) is 1.93. The van der Waals surface area contributed by atoms with E-state index in [1.54, 1.807) is 36.8 Å². The van der Waals surface area contributed by atoms with Crippen molar-refractivity contribution < 1.29 is 8.42 Å². The lowest BCUT2D eigenvalue weighted by atomic mass is 9.91. The van der Waals surface area contributed by atoms with Crippen LogP contribution in [0.25, 0.3) is 38.4 Å². The fourth-order valence-corrected chi connectivity index (χ4v) is 5.76. The molecule has 0 amide bonds. The van der Waals surface area contributed by atoms with E-state index in [-0.39, 0.29) is 4.90 Å². The SMILES string of the molecule is Cc1ccc(S(=O)(=O)Nc2ccc3ccccc3c2-c2c(-n3ccnc3)ccc3ccccc23)cc1. The van der Waals surface area contributed by atoms with E-state index in [4.69, 9.17) is 0 Å². The number of nitrogens with one attached hydrogen (secondary N) is 1. The summed E-state index contributed by atoms with van der Waals surface area (Å²) in [5.74, 6) is 0. The Morgan fingerprint density at radius 2 is 1.36 bits per heavy atom. The Morgan fingerprint density at radius 3 is 2.03 bits per heavy atom. The quantitative estimate of drug-likeness (QED) is 0.285. The number of rotatable bonds is 5. The Bertz CT molecular complexity index is 1820. The predicted octanol–water partition coefficient (Wildman–Crippen LogP) is 6.95. The number of sulfonamides is 1. The second-order valence-electron chi connectivity index (χ2n) is 8.78. The zero-order chi connectivity index (χ0) is 24.7. The van der Waals surface area contributed by atoms with Gasteiger partial charge in [-0.05, 0) is 52.7 Å². The first-order chi connectivity index (χ1) is 17.5. The molecule has 0 unspecified atom stereocenters. The molecule has 0 saturated heterocycles. The average Bonchev–Trinajstić information content (AvgIpc) is 3.43. The van der Waals surface area contributed by atoms with Gasteiger partial charge in [0.2, 0.25) is 0 Å². The van der Waals surface area contributed by atoms with Crippen molar-refractivity contribution in [1.82, 2.24) is 9.55 Å². The topological polar surface area (TPSA) is 64.0 Å². The van der Waals surface area contributed by atoms with E-state index >= 15 is 0 Å². The van der Waals surface area contributed by atoms with Crippen LogP contribution in [0.1, 0.15) is 5.56 Å². The second-order valence-corrected chi connectivity index (χ2v) is 10.5. The summed E-state index contributed by atoms with van der Waals surface area (Å²) in [4.78, 5) is 4.48. The maximum absolute atomic E-state index is 13.5. The smallest absolute Gasteiger partial charge is 0.261 e. The molecule has 0 bridgehead atoms. The highest BCUT2D eigenvalue weighted by Gasteiger charge is 2.22. The second kappa shape index (κ2) is 8.66. The zero-order valence-electron chi connectivity index (χ0n) is 19.6. The number of anilines is 1. The van der Waals surface area contributed by atoms with Crippen molar-refractivity contribution in [3.05, 3.63) is 121 Å². The van der Waals surface area contributed by atoms with Gasteiger partial charge in [0.05, 0.1) is 22.6 Å². The minimum Gasteiger partial charge on any atom is -0.306 e. The minimum atomic E-state index is -3.82. The first kappa shape index (κ1) is 22.1. The number of imidazole rings is 1. The van der Waals surface area contributed by atoms with Crippen LogP contribution in [-0.4, -0.2) is 18.0 Å². The van der Waals surface area contributed by atoms with Gasteiger partial charge in [0.15, 0.2) is 0 Å². The van der Waals surface area contributed by atoms with E-state index in [9.17, 15) is 8.42 Å². The third-order valence-electron chi connectivity index (χ3n) is 6.44. The van der Waals surface area contributed by atoms with E-state index in [0.29, 0.717) is 5.69 Å². The summed E-state index contributed by atoms with van der Waals surface area (Å²) in [7, 11) is -3.82. The molecule has 6 aromatic rings. The molecule has 1 N–H and O–H groups in total. The largest absolute Gasteiger partial charge is 0.306 e. The summed E-state index contributed by atoms with van der Waals surface area (Å²) in [6.07, 6.45) is 5.40. The summed E-state index contributed by atoms with van der Waals surface area (Å²) < 4.78 is 31.8. The standard InChI is InChI=1S/C30H23N3O2S/c1-21-10-14-24(15-11-21)36(34,35)32-27-16-12-22-6-2-4-8-25(22)29(27)30-26-9-5-3-7-23(26)13-17-28(30)33-19-18-31-20-33/h2-20,32H,1H3. The molecule has 0 radical (unpaired) electrons. The first-order valence-corrected chi connectivity index (χ1v) is 13.1. The molecule has 6 heteroatoms. The van der Waals surface area contributed by atoms with Crippen LogP contribution >= 0.6 is 0 Å². The van der Waals surface area contributed by atoms with Crippen LogP contribution in [0.4, 0.5) is 5.69 Å². The maximum Gasteiger partial charge on any atom is 0.261 e. The van der Waals surface area contributed by atoms with Crippen LogP contribution in [0.3, 0.4) is 0 Å². The number of aryl methyl sites for hydroxylation is 1. The Kier molecular flexibility index (Phi) is 5.31. The van der Waals surface area contributed by atoms with Gasteiger partial charge in [0.1, 0.15) is 0 Å². The van der Waals surface area contributed by atoms with E-state index in [1.807, 2.05) is 66.2 Å². The van der Waals surface area contributed by atoms with Crippen molar-refractivity contribution in [2.24, 2.45) is 0 Å². The third kappa shape index (κ3) is 3.82. The van der Waals surface area contributed by atoms with Crippen LogP contribution in [0.5, 0.6) is 0 Å². The molecule has 0 aliphatic carbocycles. The van der Waals surface area contributed by atoms with Gasteiger partial charge in [-0.25, -0.2) is 13.4 Å². The molecule has 0 aliphatic heterocycles. The molecule has 0 atom stereocenters. The molecule has 0 spiro atoms. The molecule has 1 heterocycles. The summed E-state index contributed by atoms with van der Waals surface area (Å²) in [5.41, 5.74) is 4.19. The number of hydrogen-bond acceptors (Lipinski definition) is 3. The van der Waals surface area contributed by atoms with Crippen molar-refractivity contribution >= 4 is 37.3 Å². The van der Waals surface area contributed by atoms with E-state index < -0.39 is 10.0 Å². The molecule has 0 aliphatic rings. The lowest BCUT2D eigenvalue weighted by Gasteiger charge is -2.20. The molecule has 36 heavy (non-hydrogen) atoms. The van der Waals surface area contributed by atoms with Crippen molar-refractivity contribution in [3.8, 4) is 16.8 Å². The van der Waals surface area contributed by atoms with Gasteiger partial charge in [-0.2, -0.15) is 0 Å². The molecule has 6 rings (SSSR count). The van der Waals surface area contributed by atoms with Gasteiger partial charge in [-0.15, -0.1) is 0 Å². The fraction of sp³-hybridized carbons (Fsp3) is 0.0333. The minimum absolute atomic E-state index is 0.222. The number of hydrogen-bond donors (Lipinski definition) is 1. The molecule has 0 saturated carbocycles. The van der Waals surface area contributed by atoms with E-state index in [1.165, 1.54) is 0 Å². The average molecular weight is 490 g/mol. The number of aromatic nitrogens is 2. The van der Waals surface area contributed by atoms with E-state index in [0.717, 1.165) is 43.9 Å². The molecule has 5 nitrogen and oxygen atoms in total. The molecule has 176 valence electrons. The maximum atomic E-state index is 13.5. The fourth-order valence-electron chi connectivity index (χ4n) is 4.69. The highest BCUT2D eigenvalue weighted by Crippen LogP contribution is 2.43. The lowest BCUT2D eigenvalue weighted by Crippen LogP contribution is -2.14. The van der Waals surface area contributed by atoms with Crippen molar-refractivity contribution in [2.45, 2.75) is 11.8 Å². The molecular formula is C30H23N3O2S. The van der Waals surface area contributed by atoms with Crippen molar-refractivity contribution in [3.63, 3.8) is 0 Å². The van der Waals surface area contributed by atoms with Crippen LogP contribution in [0.15, 0.2) is 121 Å². The van der Waals surface area contributed by atoms with Crippen LogP contribution < -0.4 is 4.72 Å². The van der Waals surface area contributed by atoms with Crippen LogP contribution in [0.2, 0.25) is 0 Å². The monoisotopic (exact) mass is 489 g/mol. The molecule has 1 aromatic heterocycles. The summed E-state index contributed by atoms with van der Waals surface area (Å²) >= 11 is 0. The van der Waals surface area contributed by atoms with Gasteiger partial charge in [0, 0.05) is 23.5 Å². The van der Waals surface area contributed by atoms with Gasteiger partial charge >= 0.3 is 0 Å². The van der Waals surface area contributed by atoms with E-state index in [2.05, 4.69) is 34.0 Å². The normalized spacial score (nSPS) is 11.7. The first-order valence-electron chi connectivity index (χ1n) is 11.6. The highest BCUT2D eigenvalue weighted by atomic mass is 32.2. The number of fused-ring (bicyclic) bond motifs is 2. The summed E-state index contributed by atoms with van der Waals surface area (Å²) in [6, 6.07) is 31.0. The van der Waals surface area contributed by atoms with Gasteiger partial charge in [-0.3, -0.25) is 4.72 Å².